The number of thiophene rings is 1. The van der Waals surface area contributed by atoms with E-state index in [0.717, 1.165) is 33.6 Å². The van der Waals surface area contributed by atoms with Crippen LogP contribution in [0.4, 0.5) is 5.69 Å². The molecule has 1 aromatic heterocycles. The highest BCUT2D eigenvalue weighted by atomic mass is 79.9. The maximum Gasteiger partial charge on any atom is 0.265 e. The van der Waals surface area contributed by atoms with Crippen molar-refractivity contribution >= 4 is 38.9 Å². The van der Waals surface area contributed by atoms with Gasteiger partial charge in [-0.3, -0.25) is 4.79 Å². The molecule has 1 heterocycles. The van der Waals surface area contributed by atoms with E-state index in [4.69, 9.17) is 4.74 Å². The van der Waals surface area contributed by atoms with Crippen LogP contribution < -0.4 is 10.1 Å². The highest BCUT2D eigenvalue weighted by molar-refractivity contribution is 9.10. The van der Waals surface area contributed by atoms with Gasteiger partial charge in [0.2, 0.25) is 0 Å². The molecule has 2 aromatic rings. The van der Waals surface area contributed by atoms with Crippen LogP contribution in [0.1, 0.15) is 26.5 Å². The number of amides is 1. The van der Waals surface area contributed by atoms with Crippen molar-refractivity contribution in [2.75, 3.05) is 12.4 Å². The third kappa shape index (κ3) is 2.60. The molecular formula is C15H14BrNO2S. The number of nitrogens with one attached hydrogen (secondary N) is 1. The first kappa shape index (κ1) is 13.6. The van der Waals surface area contributed by atoms with Gasteiger partial charge in [0.05, 0.1) is 17.7 Å². The third-order valence-electron chi connectivity index (χ3n) is 3.39. The average Bonchev–Trinajstić information content (AvgIpc) is 3.02. The summed E-state index contributed by atoms with van der Waals surface area (Å²) in [7, 11) is 1.61. The SMILES string of the molecule is COc1ccc(Br)c(NC(=O)c2cc3c(s2)CCC3)c1. The number of hydrogen-bond acceptors (Lipinski definition) is 3. The van der Waals surface area contributed by atoms with E-state index in [1.54, 1.807) is 18.4 Å². The van der Waals surface area contributed by atoms with Crippen molar-refractivity contribution in [3.63, 3.8) is 0 Å². The van der Waals surface area contributed by atoms with Gasteiger partial charge in [0, 0.05) is 15.4 Å². The Balaban J connectivity index is 1.81. The topological polar surface area (TPSA) is 38.3 Å². The van der Waals surface area contributed by atoms with Crippen molar-refractivity contribution in [3.05, 3.63) is 44.1 Å². The molecule has 0 saturated carbocycles. The van der Waals surface area contributed by atoms with Gasteiger partial charge in [0.25, 0.3) is 5.91 Å². The Hall–Kier alpha value is -1.33. The van der Waals surface area contributed by atoms with Crippen molar-refractivity contribution in [2.24, 2.45) is 0 Å². The Bertz CT molecular complexity index is 644. The molecule has 1 amide bonds. The molecule has 0 saturated heterocycles. The number of carbonyl (C=O) groups excluding carboxylic acids is 1. The molecule has 1 N–H and O–H groups in total. The van der Waals surface area contributed by atoms with Crippen LogP contribution in [0.5, 0.6) is 5.75 Å². The number of fused-ring (bicyclic) bond motifs is 1. The number of ether oxygens (including phenoxy) is 1. The average molecular weight is 352 g/mol. The maximum atomic E-state index is 12.3. The molecule has 1 aliphatic rings. The van der Waals surface area contributed by atoms with Crippen LogP contribution in [0, 0.1) is 0 Å². The zero-order valence-electron chi connectivity index (χ0n) is 11.0. The molecule has 0 fully saturated rings. The Morgan fingerprint density at radius 2 is 2.20 bits per heavy atom. The molecular weight excluding hydrogens is 338 g/mol. The quantitative estimate of drug-likeness (QED) is 0.896. The van der Waals surface area contributed by atoms with Gasteiger partial charge in [-0.25, -0.2) is 0 Å². The van der Waals surface area contributed by atoms with Crippen molar-refractivity contribution in [1.82, 2.24) is 0 Å². The van der Waals surface area contributed by atoms with Crippen molar-refractivity contribution in [1.29, 1.82) is 0 Å². The fourth-order valence-electron chi connectivity index (χ4n) is 2.35. The minimum Gasteiger partial charge on any atom is -0.497 e. The summed E-state index contributed by atoms with van der Waals surface area (Å²) in [5.41, 5.74) is 2.06. The van der Waals surface area contributed by atoms with Gasteiger partial charge < -0.3 is 10.1 Å². The van der Waals surface area contributed by atoms with Crippen LogP contribution in [-0.4, -0.2) is 13.0 Å². The zero-order valence-corrected chi connectivity index (χ0v) is 13.4. The van der Waals surface area contributed by atoms with Gasteiger partial charge >= 0.3 is 0 Å². The van der Waals surface area contributed by atoms with Crippen LogP contribution in [0.25, 0.3) is 0 Å². The Labute approximate surface area is 130 Å². The van der Waals surface area contributed by atoms with Crippen LogP contribution in [0.3, 0.4) is 0 Å². The monoisotopic (exact) mass is 351 g/mol. The molecule has 104 valence electrons. The predicted octanol–water partition coefficient (Wildman–Crippen LogP) is 4.26. The Kier molecular flexibility index (Phi) is 3.81. The number of benzene rings is 1. The number of anilines is 1. The van der Waals surface area contributed by atoms with E-state index in [9.17, 15) is 4.79 Å². The maximum absolute atomic E-state index is 12.3. The number of aryl methyl sites for hydroxylation is 2. The first-order valence-corrected chi connectivity index (χ1v) is 8.05. The summed E-state index contributed by atoms with van der Waals surface area (Å²) < 4.78 is 6.02. The largest absolute Gasteiger partial charge is 0.497 e. The number of rotatable bonds is 3. The smallest absolute Gasteiger partial charge is 0.265 e. The lowest BCUT2D eigenvalue weighted by Crippen LogP contribution is -2.10. The Morgan fingerprint density at radius 1 is 1.35 bits per heavy atom. The summed E-state index contributed by atoms with van der Waals surface area (Å²) in [6.07, 6.45) is 3.42. The Morgan fingerprint density at radius 3 is 2.95 bits per heavy atom. The van der Waals surface area contributed by atoms with Gasteiger partial charge in [-0.05, 0) is 59.0 Å². The minimum absolute atomic E-state index is 0.0571. The number of hydrogen-bond donors (Lipinski definition) is 1. The fraction of sp³-hybridized carbons (Fsp3) is 0.267. The minimum atomic E-state index is -0.0571. The van der Waals surface area contributed by atoms with Crippen molar-refractivity contribution in [2.45, 2.75) is 19.3 Å². The van der Waals surface area contributed by atoms with Crippen molar-refractivity contribution in [3.8, 4) is 5.75 Å². The second-order valence-electron chi connectivity index (χ2n) is 4.71. The highest BCUT2D eigenvalue weighted by Crippen LogP contribution is 2.32. The first-order chi connectivity index (χ1) is 9.67. The van der Waals surface area contributed by atoms with Gasteiger partial charge in [-0.15, -0.1) is 11.3 Å². The van der Waals surface area contributed by atoms with E-state index in [-0.39, 0.29) is 5.91 Å². The molecule has 1 aliphatic carbocycles. The lowest BCUT2D eigenvalue weighted by atomic mass is 10.2. The first-order valence-electron chi connectivity index (χ1n) is 6.44. The second-order valence-corrected chi connectivity index (χ2v) is 6.70. The van der Waals surface area contributed by atoms with E-state index >= 15 is 0 Å². The summed E-state index contributed by atoms with van der Waals surface area (Å²) in [4.78, 5) is 14.5. The number of methoxy groups -OCH3 is 1. The molecule has 0 aliphatic heterocycles. The zero-order chi connectivity index (χ0) is 14.1. The van der Waals surface area contributed by atoms with E-state index in [1.807, 2.05) is 24.3 Å². The van der Waals surface area contributed by atoms with Crippen LogP contribution >= 0.6 is 27.3 Å². The standard InChI is InChI=1S/C15H14BrNO2S/c1-19-10-5-6-11(16)12(8-10)17-15(18)14-7-9-3-2-4-13(9)20-14/h5-8H,2-4H2,1H3,(H,17,18). The molecule has 0 atom stereocenters. The van der Waals surface area contributed by atoms with Gasteiger partial charge in [-0.2, -0.15) is 0 Å². The van der Waals surface area contributed by atoms with Gasteiger partial charge in [0.1, 0.15) is 5.75 Å². The molecule has 1 aromatic carbocycles. The van der Waals surface area contributed by atoms with Gasteiger partial charge in [-0.1, -0.05) is 0 Å². The second kappa shape index (κ2) is 5.58. The van der Waals surface area contributed by atoms with E-state index < -0.39 is 0 Å². The molecule has 0 radical (unpaired) electrons. The fourth-order valence-corrected chi connectivity index (χ4v) is 3.85. The third-order valence-corrected chi connectivity index (χ3v) is 5.32. The predicted molar refractivity (Wildman–Crippen MR) is 85.0 cm³/mol. The van der Waals surface area contributed by atoms with Gasteiger partial charge in [0.15, 0.2) is 0 Å². The molecule has 0 spiro atoms. The summed E-state index contributed by atoms with van der Waals surface area (Å²) in [6.45, 7) is 0. The lowest BCUT2D eigenvalue weighted by Gasteiger charge is -2.08. The summed E-state index contributed by atoms with van der Waals surface area (Å²) >= 11 is 5.04. The van der Waals surface area contributed by atoms with Crippen LogP contribution in [0.2, 0.25) is 0 Å². The molecule has 5 heteroatoms. The molecule has 0 bridgehead atoms. The van der Waals surface area contributed by atoms with E-state index in [0.29, 0.717) is 0 Å². The highest BCUT2D eigenvalue weighted by Gasteiger charge is 2.19. The normalized spacial score (nSPS) is 13.1. The van der Waals surface area contributed by atoms with E-state index in [1.165, 1.54) is 16.9 Å². The summed E-state index contributed by atoms with van der Waals surface area (Å²) in [5.74, 6) is 0.663. The molecule has 3 nitrogen and oxygen atoms in total. The number of halogens is 1. The molecule has 3 rings (SSSR count). The van der Waals surface area contributed by atoms with Crippen LogP contribution in [-0.2, 0) is 12.8 Å². The summed E-state index contributed by atoms with van der Waals surface area (Å²) in [5, 5.41) is 2.93. The lowest BCUT2D eigenvalue weighted by molar-refractivity contribution is 0.103. The van der Waals surface area contributed by atoms with Crippen molar-refractivity contribution < 1.29 is 9.53 Å². The molecule has 0 unspecified atom stereocenters. The van der Waals surface area contributed by atoms with Crippen LogP contribution in [0.15, 0.2) is 28.7 Å². The number of carbonyl (C=O) groups is 1. The molecule has 20 heavy (non-hydrogen) atoms. The summed E-state index contributed by atoms with van der Waals surface area (Å²) in [6, 6.07) is 7.54. The van der Waals surface area contributed by atoms with E-state index in [2.05, 4.69) is 21.2 Å².